The van der Waals surface area contributed by atoms with Crippen molar-refractivity contribution in [2.75, 3.05) is 57.9 Å². The Labute approximate surface area is 233 Å². The quantitative estimate of drug-likeness (QED) is 0.422. The number of piperazine rings is 1. The van der Waals surface area contributed by atoms with Gasteiger partial charge in [0.05, 0.1) is 18.9 Å². The Morgan fingerprint density at radius 1 is 1.00 bits per heavy atom. The van der Waals surface area contributed by atoms with Crippen LogP contribution in [-0.2, 0) is 9.53 Å². The van der Waals surface area contributed by atoms with E-state index in [0.717, 1.165) is 35.7 Å². The number of amides is 2. The molecule has 2 aromatic carbocycles. The van der Waals surface area contributed by atoms with Crippen LogP contribution in [0.4, 0.5) is 5.82 Å². The van der Waals surface area contributed by atoms with Crippen molar-refractivity contribution in [3.05, 3.63) is 71.2 Å². The number of rotatable bonds is 8. The standard InChI is InChI=1S/C29H32ClN5O4/c1-38-24-10-6-21(7-11-24)26-12-13-27(32-31-26)33-14-16-34(17-15-33)28(36)20-35(19-25-3-2-18-39-25)29(37)22-4-8-23(30)9-5-22/h4-13,25H,2-3,14-20H2,1H3/t25-/m1/s1. The Bertz CT molecular complexity index is 1260. The van der Waals surface area contributed by atoms with Gasteiger partial charge in [-0.3, -0.25) is 9.59 Å². The highest BCUT2D eigenvalue weighted by atomic mass is 35.5. The van der Waals surface area contributed by atoms with Gasteiger partial charge in [-0.25, -0.2) is 0 Å². The molecule has 39 heavy (non-hydrogen) atoms. The lowest BCUT2D eigenvalue weighted by Gasteiger charge is -2.36. The summed E-state index contributed by atoms with van der Waals surface area (Å²) < 4.78 is 11.0. The molecule has 204 valence electrons. The molecule has 0 spiro atoms. The molecule has 1 aromatic heterocycles. The molecule has 2 saturated heterocycles. The van der Waals surface area contributed by atoms with Gasteiger partial charge in [0.1, 0.15) is 12.3 Å². The van der Waals surface area contributed by atoms with E-state index in [1.807, 2.05) is 41.3 Å². The molecule has 3 heterocycles. The fraction of sp³-hybridized carbons (Fsp3) is 0.379. The van der Waals surface area contributed by atoms with Gasteiger partial charge in [-0.2, -0.15) is 0 Å². The van der Waals surface area contributed by atoms with E-state index in [1.54, 1.807) is 36.3 Å². The molecule has 2 fully saturated rings. The lowest BCUT2D eigenvalue weighted by atomic mass is 10.1. The van der Waals surface area contributed by atoms with Crippen molar-refractivity contribution in [2.24, 2.45) is 0 Å². The molecule has 3 aromatic rings. The molecule has 0 bridgehead atoms. The smallest absolute Gasteiger partial charge is 0.254 e. The summed E-state index contributed by atoms with van der Waals surface area (Å²) in [7, 11) is 1.64. The second-order valence-corrected chi connectivity index (χ2v) is 10.1. The van der Waals surface area contributed by atoms with Crippen LogP contribution in [0.25, 0.3) is 11.3 Å². The summed E-state index contributed by atoms with van der Waals surface area (Å²) in [5.41, 5.74) is 2.25. The Kier molecular flexibility index (Phi) is 8.58. The first kappa shape index (κ1) is 26.9. The molecule has 1 atom stereocenters. The summed E-state index contributed by atoms with van der Waals surface area (Å²) in [6.45, 7) is 3.46. The molecule has 0 aliphatic carbocycles. The van der Waals surface area contributed by atoms with E-state index >= 15 is 0 Å². The summed E-state index contributed by atoms with van der Waals surface area (Å²) in [4.78, 5) is 32.1. The Morgan fingerprint density at radius 2 is 1.74 bits per heavy atom. The lowest BCUT2D eigenvalue weighted by molar-refractivity contribution is -0.132. The van der Waals surface area contributed by atoms with E-state index in [4.69, 9.17) is 21.1 Å². The molecule has 2 aliphatic heterocycles. The monoisotopic (exact) mass is 549 g/mol. The van der Waals surface area contributed by atoms with Crippen molar-refractivity contribution in [3.63, 3.8) is 0 Å². The predicted octanol–water partition coefficient (Wildman–Crippen LogP) is 3.78. The number of carbonyl (C=O) groups is 2. The zero-order valence-electron chi connectivity index (χ0n) is 22.0. The number of hydrogen-bond acceptors (Lipinski definition) is 7. The highest BCUT2D eigenvalue weighted by molar-refractivity contribution is 6.30. The average Bonchev–Trinajstić information content (AvgIpc) is 3.50. The molecule has 5 rings (SSSR count). The van der Waals surface area contributed by atoms with Crippen LogP contribution in [-0.4, -0.2) is 90.9 Å². The van der Waals surface area contributed by atoms with Gasteiger partial charge in [0.2, 0.25) is 5.91 Å². The molecule has 2 aliphatic rings. The largest absolute Gasteiger partial charge is 0.497 e. The normalized spacial score (nSPS) is 17.2. The van der Waals surface area contributed by atoms with Crippen LogP contribution in [0.1, 0.15) is 23.2 Å². The Balaban J connectivity index is 1.18. The Morgan fingerprint density at radius 3 is 2.36 bits per heavy atom. The molecular weight excluding hydrogens is 518 g/mol. The van der Waals surface area contributed by atoms with Gasteiger partial charge in [0.25, 0.3) is 5.91 Å². The maximum absolute atomic E-state index is 13.3. The van der Waals surface area contributed by atoms with Crippen LogP contribution < -0.4 is 9.64 Å². The molecule has 2 amide bonds. The minimum Gasteiger partial charge on any atom is -0.497 e. The number of anilines is 1. The minimum atomic E-state index is -0.193. The van der Waals surface area contributed by atoms with Gasteiger partial charge in [-0.05, 0) is 73.5 Å². The van der Waals surface area contributed by atoms with Crippen LogP contribution in [0.2, 0.25) is 5.02 Å². The van der Waals surface area contributed by atoms with Crippen molar-refractivity contribution >= 4 is 29.2 Å². The fourth-order valence-corrected chi connectivity index (χ4v) is 5.01. The number of nitrogens with zero attached hydrogens (tertiary/aromatic N) is 5. The van der Waals surface area contributed by atoms with Gasteiger partial charge in [0.15, 0.2) is 5.82 Å². The number of hydrogen-bond donors (Lipinski definition) is 0. The van der Waals surface area contributed by atoms with Gasteiger partial charge in [-0.1, -0.05) is 11.6 Å². The van der Waals surface area contributed by atoms with E-state index in [-0.39, 0.29) is 24.5 Å². The first-order valence-corrected chi connectivity index (χ1v) is 13.6. The highest BCUT2D eigenvalue weighted by Gasteiger charge is 2.28. The van der Waals surface area contributed by atoms with Crippen LogP contribution in [0.15, 0.2) is 60.7 Å². The summed E-state index contributed by atoms with van der Waals surface area (Å²) in [6.07, 6.45) is 1.80. The summed E-state index contributed by atoms with van der Waals surface area (Å²) in [5.74, 6) is 1.30. The number of methoxy groups -OCH3 is 1. The number of carbonyl (C=O) groups excluding carboxylic acids is 2. The third kappa shape index (κ3) is 6.66. The number of benzene rings is 2. The maximum Gasteiger partial charge on any atom is 0.254 e. The zero-order valence-corrected chi connectivity index (χ0v) is 22.7. The van der Waals surface area contributed by atoms with E-state index in [1.165, 1.54) is 0 Å². The van der Waals surface area contributed by atoms with Crippen molar-refractivity contribution in [3.8, 4) is 17.0 Å². The van der Waals surface area contributed by atoms with Crippen LogP contribution >= 0.6 is 11.6 Å². The molecule has 9 nitrogen and oxygen atoms in total. The second-order valence-electron chi connectivity index (χ2n) is 9.70. The Hall–Kier alpha value is -3.69. The van der Waals surface area contributed by atoms with Crippen LogP contribution in [0.3, 0.4) is 0 Å². The van der Waals surface area contributed by atoms with Crippen molar-refractivity contribution in [1.29, 1.82) is 0 Å². The van der Waals surface area contributed by atoms with E-state index < -0.39 is 0 Å². The van der Waals surface area contributed by atoms with Crippen LogP contribution in [0.5, 0.6) is 5.75 Å². The lowest BCUT2D eigenvalue weighted by Crippen LogP contribution is -2.52. The first-order chi connectivity index (χ1) is 19.0. The summed E-state index contributed by atoms with van der Waals surface area (Å²) >= 11 is 6.00. The first-order valence-electron chi connectivity index (χ1n) is 13.2. The van der Waals surface area contributed by atoms with E-state index in [9.17, 15) is 9.59 Å². The van der Waals surface area contributed by atoms with Gasteiger partial charge in [0, 0.05) is 55.5 Å². The maximum atomic E-state index is 13.3. The van der Waals surface area contributed by atoms with Gasteiger partial charge >= 0.3 is 0 Å². The third-order valence-electron chi connectivity index (χ3n) is 7.15. The van der Waals surface area contributed by atoms with Crippen molar-refractivity contribution < 1.29 is 19.1 Å². The van der Waals surface area contributed by atoms with Gasteiger partial charge in [-0.15, -0.1) is 10.2 Å². The number of aromatic nitrogens is 2. The predicted molar refractivity (Wildman–Crippen MR) is 149 cm³/mol. The summed E-state index contributed by atoms with van der Waals surface area (Å²) in [6, 6.07) is 18.4. The van der Waals surface area contributed by atoms with Crippen molar-refractivity contribution in [2.45, 2.75) is 18.9 Å². The minimum absolute atomic E-state index is 0.0116. The SMILES string of the molecule is COc1ccc(-c2ccc(N3CCN(C(=O)CN(C[C@H]4CCCO4)C(=O)c4ccc(Cl)cc4)CC3)nn2)cc1. The topological polar surface area (TPSA) is 88.1 Å². The molecule has 0 radical (unpaired) electrons. The highest BCUT2D eigenvalue weighted by Crippen LogP contribution is 2.22. The van der Waals surface area contributed by atoms with Crippen LogP contribution in [0, 0.1) is 0 Å². The van der Waals surface area contributed by atoms with Gasteiger partial charge < -0.3 is 24.2 Å². The zero-order chi connectivity index (χ0) is 27.2. The number of ether oxygens (including phenoxy) is 2. The van der Waals surface area contributed by atoms with Crippen molar-refractivity contribution in [1.82, 2.24) is 20.0 Å². The molecular formula is C29H32ClN5O4. The fourth-order valence-electron chi connectivity index (χ4n) is 4.89. The van der Waals surface area contributed by atoms with E-state index in [0.29, 0.717) is 49.9 Å². The molecule has 10 heteroatoms. The summed E-state index contributed by atoms with van der Waals surface area (Å²) in [5, 5.41) is 9.38. The molecule has 0 N–H and O–H groups in total. The number of halogens is 1. The molecule has 0 saturated carbocycles. The third-order valence-corrected chi connectivity index (χ3v) is 7.40. The average molecular weight is 550 g/mol. The second kappa shape index (κ2) is 12.4. The molecule has 0 unspecified atom stereocenters. The van der Waals surface area contributed by atoms with E-state index in [2.05, 4.69) is 15.1 Å².